The highest BCUT2D eigenvalue weighted by molar-refractivity contribution is 6.33. The molecule has 88 valence electrons. The van der Waals surface area contributed by atoms with Crippen molar-refractivity contribution in [3.8, 4) is 0 Å². The highest BCUT2D eigenvalue weighted by Crippen LogP contribution is 2.30. The fraction of sp³-hybridized carbons (Fsp3) is 0.600. The molecule has 0 amide bonds. The summed E-state index contributed by atoms with van der Waals surface area (Å²) in [4.78, 5) is 2.14. The van der Waals surface area contributed by atoms with Crippen LogP contribution in [0.3, 0.4) is 0 Å². The first-order chi connectivity index (χ1) is 7.70. The summed E-state index contributed by atoms with van der Waals surface area (Å²) in [5.41, 5.74) is 0.835. The van der Waals surface area contributed by atoms with Gasteiger partial charge in [0, 0.05) is 25.8 Å². The van der Waals surface area contributed by atoms with Crippen molar-refractivity contribution in [2.24, 2.45) is 5.92 Å². The van der Waals surface area contributed by atoms with E-state index in [1.54, 1.807) is 6.07 Å². The van der Waals surface area contributed by atoms with Crippen molar-refractivity contribution >= 4 is 28.9 Å². The minimum absolute atomic E-state index is 0.238. The minimum Gasteiger partial charge on any atom is -0.396 e. The summed E-state index contributed by atoms with van der Waals surface area (Å²) in [5.74, 6) is 0.521. The van der Waals surface area contributed by atoms with Gasteiger partial charge in [-0.25, -0.2) is 0 Å². The van der Waals surface area contributed by atoms with Gasteiger partial charge in [-0.15, -0.1) is 10.2 Å². The lowest BCUT2D eigenvalue weighted by molar-refractivity contribution is 0.263. The van der Waals surface area contributed by atoms with Crippen LogP contribution in [0, 0.1) is 5.92 Å². The van der Waals surface area contributed by atoms with Crippen molar-refractivity contribution in [2.45, 2.75) is 12.8 Å². The number of aliphatic hydroxyl groups is 1. The van der Waals surface area contributed by atoms with Gasteiger partial charge in [-0.05, 0) is 18.8 Å². The molecule has 0 saturated carbocycles. The summed E-state index contributed by atoms with van der Waals surface area (Å²) in [6.07, 6.45) is 1.90. The Morgan fingerprint density at radius 1 is 1.44 bits per heavy atom. The van der Waals surface area contributed by atoms with E-state index in [1.165, 1.54) is 0 Å². The lowest BCUT2D eigenvalue weighted by atomic mass is 10.1. The quantitative estimate of drug-likeness (QED) is 0.905. The molecule has 0 aromatic carbocycles. The SMILES string of the molecule is OCCC1CCN(c2cc(Cl)nnc2Cl)C1. The van der Waals surface area contributed by atoms with Crippen LogP contribution in [0.15, 0.2) is 6.07 Å². The van der Waals surface area contributed by atoms with Gasteiger partial charge in [0.2, 0.25) is 0 Å². The zero-order chi connectivity index (χ0) is 11.5. The monoisotopic (exact) mass is 261 g/mol. The molecule has 2 rings (SSSR count). The van der Waals surface area contributed by atoms with E-state index in [-0.39, 0.29) is 6.61 Å². The third kappa shape index (κ3) is 2.56. The van der Waals surface area contributed by atoms with Gasteiger partial charge in [-0.1, -0.05) is 23.2 Å². The van der Waals surface area contributed by atoms with Gasteiger partial charge in [0.1, 0.15) is 0 Å². The van der Waals surface area contributed by atoms with Gasteiger partial charge < -0.3 is 10.0 Å². The van der Waals surface area contributed by atoms with Crippen LogP contribution in [0.25, 0.3) is 0 Å². The van der Waals surface area contributed by atoms with Crippen molar-refractivity contribution in [2.75, 3.05) is 24.6 Å². The van der Waals surface area contributed by atoms with Crippen LogP contribution < -0.4 is 4.90 Å². The number of aromatic nitrogens is 2. The average molecular weight is 262 g/mol. The second-order valence-corrected chi connectivity index (χ2v) is 4.70. The topological polar surface area (TPSA) is 49.2 Å². The van der Waals surface area contributed by atoms with Crippen LogP contribution in [0.5, 0.6) is 0 Å². The molecule has 0 spiro atoms. The summed E-state index contributed by atoms with van der Waals surface area (Å²) in [6.45, 7) is 2.05. The Labute approximate surface area is 104 Å². The van der Waals surface area contributed by atoms with Gasteiger partial charge in [0.15, 0.2) is 10.3 Å². The molecule has 1 N–H and O–H groups in total. The zero-order valence-corrected chi connectivity index (χ0v) is 10.2. The van der Waals surface area contributed by atoms with E-state index < -0.39 is 0 Å². The van der Waals surface area contributed by atoms with Crippen LogP contribution >= 0.6 is 23.2 Å². The lowest BCUT2D eigenvalue weighted by Gasteiger charge is -2.19. The van der Waals surface area contributed by atoms with Gasteiger partial charge in [-0.3, -0.25) is 0 Å². The Morgan fingerprint density at radius 2 is 2.25 bits per heavy atom. The smallest absolute Gasteiger partial charge is 0.175 e. The Bertz CT molecular complexity index is 375. The molecule has 4 nitrogen and oxygen atoms in total. The highest BCUT2D eigenvalue weighted by Gasteiger charge is 2.24. The van der Waals surface area contributed by atoms with E-state index in [4.69, 9.17) is 28.3 Å². The number of aliphatic hydroxyl groups excluding tert-OH is 1. The lowest BCUT2D eigenvalue weighted by Crippen LogP contribution is -2.20. The molecule has 1 unspecified atom stereocenters. The van der Waals surface area contributed by atoms with Gasteiger partial charge in [-0.2, -0.15) is 0 Å². The summed E-state index contributed by atoms with van der Waals surface area (Å²) in [7, 11) is 0. The molecule has 1 saturated heterocycles. The molecule has 1 aliphatic heterocycles. The molecule has 1 aromatic rings. The largest absolute Gasteiger partial charge is 0.396 e. The third-order valence-electron chi connectivity index (χ3n) is 2.86. The maximum Gasteiger partial charge on any atom is 0.175 e. The van der Waals surface area contributed by atoms with E-state index in [0.29, 0.717) is 16.2 Å². The second-order valence-electron chi connectivity index (χ2n) is 3.96. The molecule has 1 atom stereocenters. The van der Waals surface area contributed by atoms with E-state index in [0.717, 1.165) is 31.6 Å². The predicted molar refractivity (Wildman–Crippen MR) is 64.1 cm³/mol. The second kappa shape index (κ2) is 5.17. The molecule has 6 heteroatoms. The fourth-order valence-corrected chi connectivity index (χ4v) is 2.39. The molecule has 2 heterocycles. The van der Waals surface area contributed by atoms with Crippen LogP contribution in [0.4, 0.5) is 5.69 Å². The number of rotatable bonds is 3. The van der Waals surface area contributed by atoms with Crippen LogP contribution in [0.2, 0.25) is 10.3 Å². The van der Waals surface area contributed by atoms with Crippen molar-refractivity contribution in [1.29, 1.82) is 0 Å². The molecule has 0 aliphatic carbocycles. The maximum atomic E-state index is 8.89. The first-order valence-electron chi connectivity index (χ1n) is 5.25. The Kier molecular flexibility index (Phi) is 3.84. The first kappa shape index (κ1) is 11.9. The first-order valence-corrected chi connectivity index (χ1v) is 6.01. The number of halogens is 2. The van der Waals surface area contributed by atoms with Crippen LogP contribution in [0.1, 0.15) is 12.8 Å². The van der Waals surface area contributed by atoms with E-state index in [2.05, 4.69) is 15.1 Å². The molecule has 1 aliphatic rings. The third-order valence-corrected chi connectivity index (χ3v) is 3.32. The molecule has 16 heavy (non-hydrogen) atoms. The van der Waals surface area contributed by atoms with Crippen LogP contribution in [-0.2, 0) is 0 Å². The van der Waals surface area contributed by atoms with E-state index >= 15 is 0 Å². The van der Waals surface area contributed by atoms with E-state index in [1.807, 2.05) is 0 Å². The van der Waals surface area contributed by atoms with Gasteiger partial charge >= 0.3 is 0 Å². The van der Waals surface area contributed by atoms with E-state index in [9.17, 15) is 0 Å². The Hall–Kier alpha value is -0.580. The summed E-state index contributed by atoms with van der Waals surface area (Å²) in [5, 5.41) is 17.1. The molecular formula is C10H13Cl2N3O. The maximum absolute atomic E-state index is 8.89. The normalized spacial score (nSPS) is 20.4. The highest BCUT2D eigenvalue weighted by atomic mass is 35.5. The van der Waals surface area contributed by atoms with Crippen LogP contribution in [-0.4, -0.2) is 35.0 Å². The molecular weight excluding hydrogens is 249 g/mol. The van der Waals surface area contributed by atoms with Crippen molar-refractivity contribution < 1.29 is 5.11 Å². The number of hydrogen-bond acceptors (Lipinski definition) is 4. The summed E-state index contributed by atoms with van der Waals surface area (Å²) >= 11 is 11.8. The minimum atomic E-state index is 0.238. The molecule has 0 radical (unpaired) electrons. The standard InChI is InChI=1S/C10H13Cl2N3O/c11-9-5-8(10(12)14-13-9)15-3-1-7(6-15)2-4-16/h5,7,16H,1-4,6H2. The van der Waals surface area contributed by atoms with Gasteiger partial charge in [0.05, 0.1) is 5.69 Å². The number of hydrogen-bond donors (Lipinski definition) is 1. The van der Waals surface area contributed by atoms with Crippen molar-refractivity contribution in [3.63, 3.8) is 0 Å². The Balaban J connectivity index is 2.11. The fourth-order valence-electron chi connectivity index (χ4n) is 2.04. The predicted octanol–water partition coefficient (Wildman–Crippen LogP) is 1.99. The number of nitrogens with zero attached hydrogens (tertiary/aromatic N) is 3. The number of anilines is 1. The Morgan fingerprint density at radius 3 is 3.00 bits per heavy atom. The van der Waals surface area contributed by atoms with Crippen molar-refractivity contribution in [3.05, 3.63) is 16.4 Å². The van der Waals surface area contributed by atoms with Crippen molar-refractivity contribution in [1.82, 2.24) is 10.2 Å². The summed E-state index contributed by atoms with van der Waals surface area (Å²) in [6, 6.07) is 1.73. The average Bonchev–Trinajstić information content (AvgIpc) is 2.71. The summed E-state index contributed by atoms with van der Waals surface area (Å²) < 4.78 is 0. The molecule has 1 fully saturated rings. The molecule has 0 bridgehead atoms. The van der Waals surface area contributed by atoms with Gasteiger partial charge in [0.25, 0.3) is 0 Å². The molecule has 1 aromatic heterocycles. The zero-order valence-electron chi connectivity index (χ0n) is 8.74.